The third-order valence-electron chi connectivity index (χ3n) is 5.00. The van der Waals surface area contributed by atoms with Crippen molar-refractivity contribution >= 4 is 40.0 Å². The molecular formula is C23H19N5O4. The predicted octanol–water partition coefficient (Wildman–Crippen LogP) is 4.92. The summed E-state index contributed by atoms with van der Waals surface area (Å²) >= 11 is 0. The van der Waals surface area contributed by atoms with Gasteiger partial charge >= 0.3 is 0 Å². The highest BCUT2D eigenvalue weighted by Gasteiger charge is 2.21. The maximum atomic E-state index is 12.8. The molecule has 0 atom stereocenters. The van der Waals surface area contributed by atoms with E-state index < -0.39 is 11.8 Å². The number of fused-ring (bicyclic) bond motifs is 1. The summed E-state index contributed by atoms with van der Waals surface area (Å²) in [6.07, 6.45) is 1.54. The first-order valence-electron chi connectivity index (χ1n) is 9.65. The molecule has 160 valence electrons. The van der Waals surface area contributed by atoms with Crippen LogP contribution in [0.2, 0.25) is 0 Å². The van der Waals surface area contributed by atoms with Gasteiger partial charge < -0.3 is 20.6 Å². The van der Waals surface area contributed by atoms with Crippen molar-refractivity contribution < 1.29 is 19.1 Å². The number of anilines is 1. The molecule has 0 bridgehead atoms. The first-order valence-corrected chi connectivity index (χ1v) is 9.65. The van der Waals surface area contributed by atoms with Gasteiger partial charge in [0, 0.05) is 17.1 Å². The molecule has 0 radical (unpaired) electrons. The number of benzene rings is 2. The largest absolute Gasteiger partial charge is 0.505 e. The Labute approximate surface area is 182 Å². The van der Waals surface area contributed by atoms with E-state index in [1.54, 1.807) is 68.6 Å². The Morgan fingerprint density at radius 3 is 2.56 bits per heavy atom. The molecule has 0 spiro atoms. The van der Waals surface area contributed by atoms with Crippen LogP contribution in [-0.2, 0) is 0 Å². The molecule has 0 saturated carbocycles. The molecule has 0 saturated heterocycles. The number of nitrogens with zero attached hydrogens (tertiary/aromatic N) is 3. The van der Waals surface area contributed by atoms with Crippen LogP contribution in [0.3, 0.4) is 0 Å². The van der Waals surface area contributed by atoms with Crippen LogP contribution in [0.25, 0.3) is 10.8 Å². The number of phenols is 1. The number of rotatable bonds is 5. The number of primary amides is 1. The van der Waals surface area contributed by atoms with E-state index in [4.69, 9.17) is 10.2 Å². The Bertz CT molecular complexity index is 1380. The monoisotopic (exact) mass is 429 g/mol. The summed E-state index contributed by atoms with van der Waals surface area (Å²) in [5.41, 5.74) is 6.16. The molecule has 2 amide bonds. The minimum absolute atomic E-state index is 0.00904. The lowest BCUT2D eigenvalue weighted by Crippen LogP contribution is -2.13. The quantitative estimate of drug-likeness (QED) is 0.386. The molecule has 0 aliphatic rings. The number of carbonyl (C=O) groups excluding carboxylic acids is 2. The summed E-state index contributed by atoms with van der Waals surface area (Å²) in [5.74, 6) is -0.899. The number of aromatic hydroxyl groups is 1. The van der Waals surface area contributed by atoms with E-state index in [0.717, 1.165) is 0 Å². The molecule has 4 aromatic rings. The summed E-state index contributed by atoms with van der Waals surface area (Å²) in [7, 11) is 0. The number of hydrogen-bond donors (Lipinski definition) is 3. The van der Waals surface area contributed by atoms with Crippen LogP contribution in [0.5, 0.6) is 5.75 Å². The molecular weight excluding hydrogens is 410 g/mol. The normalized spacial score (nSPS) is 11.2. The van der Waals surface area contributed by atoms with Crippen LogP contribution in [0.1, 0.15) is 32.0 Å². The van der Waals surface area contributed by atoms with Crippen molar-refractivity contribution in [3.8, 4) is 5.75 Å². The van der Waals surface area contributed by atoms with Gasteiger partial charge in [0.1, 0.15) is 22.8 Å². The number of aromatic nitrogens is 1. The Morgan fingerprint density at radius 1 is 1.09 bits per heavy atom. The molecule has 0 aliphatic heterocycles. The SMILES string of the molecule is Cc1oc(/N=N/c2c(O)c(C(=O)Nc3ccccn3)cc3ccccc23)c(C(N)=O)c1C. The standard InChI is InChI=1S/C23H19N5O4/c1-12-13(2)32-23(18(12)21(24)30)28-27-19-15-8-4-3-7-14(15)11-16(20(19)29)22(31)26-17-9-5-6-10-25-17/h3-11,29H,1-2H3,(H2,24,30)(H,25,26,31)/b28-27+. The van der Waals surface area contributed by atoms with Crippen molar-refractivity contribution in [3.05, 3.63) is 77.2 Å². The zero-order chi connectivity index (χ0) is 22.8. The van der Waals surface area contributed by atoms with Gasteiger partial charge in [-0.1, -0.05) is 30.3 Å². The second-order valence-corrected chi connectivity index (χ2v) is 7.04. The first kappa shape index (κ1) is 20.7. The zero-order valence-electron chi connectivity index (χ0n) is 17.3. The number of amides is 2. The number of aryl methyl sites for hydroxylation is 1. The van der Waals surface area contributed by atoms with Gasteiger partial charge in [0.25, 0.3) is 17.7 Å². The van der Waals surface area contributed by atoms with E-state index in [2.05, 4.69) is 20.5 Å². The Kier molecular flexibility index (Phi) is 5.38. The summed E-state index contributed by atoms with van der Waals surface area (Å²) in [6, 6.07) is 13.7. The maximum absolute atomic E-state index is 12.8. The van der Waals surface area contributed by atoms with Gasteiger partial charge in [0.05, 0.1) is 5.56 Å². The van der Waals surface area contributed by atoms with Gasteiger partial charge in [-0.3, -0.25) is 9.59 Å². The van der Waals surface area contributed by atoms with Crippen LogP contribution in [-0.4, -0.2) is 21.9 Å². The molecule has 2 aromatic carbocycles. The summed E-state index contributed by atoms with van der Waals surface area (Å²) in [6.45, 7) is 3.36. The molecule has 2 heterocycles. The van der Waals surface area contributed by atoms with Crippen molar-refractivity contribution in [1.29, 1.82) is 0 Å². The predicted molar refractivity (Wildman–Crippen MR) is 119 cm³/mol. The van der Waals surface area contributed by atoms with Crippen LogP contribution in [0, 0.1) is 13.8 Å². The highest BCUT2D eigenvalue weighted by Crippen LogP contribution is 2.40. The van der Waals surface area contributed by atoms with E-state index in [0.29, 0.717) is 27.9 Å². The van der Waals surface area contributed by atoms with Crippen LogP contribution in [0.4, 0.5) is 17.4 Å². The van der Waals surface area contributed by atoms with Crippen molar-refractivity contribution in [1.82, 2.24) is 4.98 Å². The summed E-state index contributed by atoms with van der Waals surface area (Å²) < 4.78 is 5.51. The summed E-state index contributed by atoms with van der Waals surface area (Å²) in [5, 5.41) is 22.9. The highest BCUT2D eigenvalue weighted by molar-refractivity contribution is 6.11. The Morgan fingerprint density at radius 2 is 1.84 bits per heavy atom. The molecule has 0 aliphatic carbocycles. The second kappa shape index (κ2) is 8.31. The third-order valence-corrected chi connectivity index (χ3v) is 5.00. The molecule has 0 fully saturated rings. The number of pyridine rings is 1. The van der Waals surface area contributed by atoms with E-state index in [1.807, 2.05) is 0 Å². The summed E-state index contributed by atoms with van der Waals surface area (Å²) in [4.78, 5) is 28.7. The fourth-order valence-electron chi connectivity index (χ4n) is 3.28. The van der Waals surface area contributed by atoms with Gasteiger partial charge in [-0.05, 0) is 37.4 Å². The maximum Gasteiger partial charge on any atom is 0.260 e. The van der Waals surface area contributed by atoms with Crippen LogP contribution in [0.15, 0.2) is 69.4 Å². The van der Waals surface area contributed by atoms with Crippen molar-refractivity contribution in [2.75, 3.05) is 5.32 Å². The zero-order valence-corrected chi connectivity index (χ0v) is 17.3. The van der Waals surface area contributed by atoms with Crippen molar-refractivity contribution in [2.45, 2.75) is 13.8 Å². The Balaban J connectivity index is 1.82. The van der Waals surface area contributed by atoms with Gasteiger partial charge in [0.2, 0.25) is 0 Å². The average molecular weight is 429 g/mol. The Hall–Kier alpha value is -4.53. The highest BCUT2D eigenvalue weighted by atomic mass is 16.4. The smallest absolute Gasteiger partial charge is 0.260 e. The second-order valence-electron chi connectivity index (χ2n) is 7.04. The number of nitrogens with two attached hydrogens (primary N) is 1. The lowest BCUT2D eigenvalue weighted by Gasteiger charge is -2.10. The van der Waals surface area contributed by atoms with Crippen molar-refractivity contribution in [3.63, 3.8) is 0 Å². The number of carbonyl (C=O) groups is 2. The minimum Gasteiger partial charge on any atom is -0.505 e. The topological polar surface area (TPSA) is 143 Å². The lowest BCUT2D eigenvalue weighted by molar-refractivity contribution is 0.0997. The van der Waals surface area contributed by atoms with Gasteiger partial charge in [0.15, 0.2) is 5.75 Å². The number of furan rings is 1. The molecule has 9 nitrogen and oxygen atoms in total. The van der Waals surface area contributed by atoms with E-state index in [9.17, 15) is 14.7 Å². The fourth-order valence-corrected chi connectivity index (χ4v) is 3.28. The molecule has 9 heteroatoms. The first-order chi connectivity index (χ1) is 15.4. The van der Waals surface area contributed by atoms with Crippen LogP contribution < -0.4 is 11.1 Å². The molecule has 4 rings (SSSR count). The molecule has 2 aromatic heterocycles. The van der Waals surface area contributed by atoms with E-state index in [1.165, 1.54) is 0 Å². The fraction of sp³-hybridized carbons (Fsp3) is 0.0870. The van der Waals surface area contributed by atoms with Crippen molar-refractivity contribution in [2.24, 2.45) is 16.0 Å². The average Bonchev–Trinajstić information content (AvgIpc) is 3.06. The van der Waals surface area contributed by atoms with Gasteiger partial charge in [-0.25, -0.2) is 4.98 Å². The van der Waals surface area contributed by atoms with Gasteiger partial charge in [-0.2, -0.15) is 0 Å². The number of hydrogen-bond acceptors (Lipinski definition) is 7. The number of azo groups is 1. The minimum atomic E-state index is -0.703. The van der Waals surface area contributed by atoms with Crippen LogP contribution >= 0.6 is 0 Å². The van der Waals surface area contributed by atoms with Gasteiger partial charge in [-0.15, -0.1) is 10.2 Å². The number of nitrogens with one attached hydrogen (secondary N) is 1. The third kappa shape index (κ3) is 3.79. The molecule has 0 unspecified atom stereocenters. The molecule has 4 N–H and O–H groups in total. The number of phenolic OH excluding ortho intramolecular Hbond substituents is 1. The lowest BCUT2D eigenvalue weighted by atomic mass is 10.0. The van der Waals surface area contributed by atoms with E-state index in [-0.39, 0.29) is 28.4 Å². The molecule has 32 heavy (non-hydrogen) atoms. The van der Waals surface area contributed by atoms with E-state index >= 15 is 0 Å².